The van der Waals surface area contributed by atoms with Crippen LogP contribution in [-0.2, 0) is 6.54 Å². The molecular formula is C30H27ClFNO2S. The summed E-state index contributed by atoms with van der Waals surface area (Å²) in [6.07, 6.45) is 5.08. The van der Waals surface area contributed by atoms with Gasteiger partial charge in [-0.25, -0.2) is 4.39 Å². The van der Waals surface area contributed by atoms with E-state index >= 15 is 4.39 Å². The number of carbonyl (C=O) groups excluding carboxylic acids is 2. The Balaban J connectivity index is 1.50. The minimum Gasteiger partial charge on any atom is -0.330 e. The molecule has 0 spiro atoms. The molecule has 1 amide bonds. The van der Waals surface area contributed by atoms with Crippen LogP contribution in [0.15, 0.2) is 66.7 Å². The maximum absolute atomic E-state index is 15.1. The van der Waals surface area contributed by atoms with Crippen molar-refractivity contribution in [2.45, 2.75) is 51.6 Å². The van der Waals surface area contributed by atoms with Gasteiger partial charge in [0, 0.05) is 33.8 Å². The van der Waals surface area contributed by atoms with E-state index in [9.17, 15) is 9.59 Å². The van der Waals surface area contributed by atoms with Gasteiger partial charge in [0.1, 0.15) is 10.7 Å². The van der Waals surface area contributed by atoms with Crippen molar-refractivity contribution < 1.29 is 14.0 Å². The van der Waals surface area contributed by atoms with E-state index < -0.39 is 0 Å². The Morgan fingerprint density at radius 3 is 2.36 bits per heavy atom. The summed E-state index contributed by atoms with van der Waals surface area (Å²) < 4.78 is 16.1. The summed E-state index contributed by atoms with van der Waals surface area (Å²) in [6, 6.07) is 20.1. The van der Waals surface area contributed by atoms with Gasteiger partial charge in [-0.1, -0.05) is 79.4 Å². The average Bonchev–Trinajstić information content (AvgIpc) is 3.25. The number of fused-ring (bicyclic) bond motifs is 1. The molecule has 0 unspecified atom stereocenters. The van der Waals surface area contributed by atoms with Crippen molar-refractivity contribution in [3.63, 3.8) is 0 Å². The first-order valence-electron chi connectivity index (χ1n) is 12.3. The zero-order valence-corrected chi connectivity index (χ0v) is 21.7. The molecule has 6 heteroatoms. The minimum atomic E-state index is -0.338. The summed E-state index contributed by atoms with van der Waals surface area (Å²) in [5.41, 5.74) is 2.84. The fourth-order valence-corrected chi connectivity index (χ4v) is 6.47. The SMILES string of the molecule is CC(=O)c1ccc(-c2ccc(F)c(CN(C(=O)c3sc4ccccc4c3Cl)C3CCCCC3)c2)cc1. The number of carbonyl (C=O) groups is 2. The van der Waals surface area contributed by atoms with E-state index in [0.717, 1.165) is 53.3 Å². The van der Waals surface area contributed by atoms with Gasteiger partial charge in [0.25, 0.3) is 5.91 Å². The normalized spacial score (nSPS) is 14.2. The highest BCUT2D eigenvalue weighted by Crippen LogP contribution is 2.37. The number of nitrogens with zero attached hydrogens (tertiary/aromatic N) is 1. The molecule has 0 radical (unpaired) electrons. The van der Waals surface area contributed by atoms with Gasteiger partial charge < -0.3 is 4.90 Å². The maximum Gasteiger partial charge on any atom is 0.266 e. The van der Waals surface area contributed by atoms with Crippen molar-refractivity contribution in [1.82, 2.24) is 4.90 Å². The number of ketones is 1. The van der Waals surface area contributed by atoms with Gasteiger partial charge in [0.2, 0.25) is 0 Å². The zero-order chi connectivity index (χ0) is 25.2. The smallest absolute Gasteiger partial charge is 0.266 e. The van der Waals surface area contributed by atoms with Crippen molar-refractivity contribution in [3.05, 3.63) is 93.6 Å². The van der Waals surface area contributed by atoms with Crippen LogP contribution in [0.1, 0.15) is 64.6 Å². The van der Waals surface area contributed by atoms with E-state index in [-0.39, 0.29) is 30.1 Å². The Morgan fingerprint density at radius 2 is 1.67 bits per heavy atom. The molecule has 36 heavy (non-hydrogen) atoms. The summed E-state index contributed by atoms with van der Waals surface area (Å²) in [4.78, 5) is 27.9. The lowest BCUT2D eigenvalue weighted by Gasteiger charge is -2.34. The third kappa shape index (κ3) is 4.95. The number of rotatable bonds is 6. The molecule has 0 saturated heterocycles. The standard InChI is InChI=1S/C30H27ClFNO2S/c1-19(34)20-11-13-21(14-12-20)22-15-16-26(32)23(17-22)18-33(24-7-3-2-4-8-24)30(35)29-28(31)25-9-5-6-10-27(25)36-29/h5-6,9-17,24H,2-4,7-8,18H2,1H3. The van der Waals surface area contributed by atoms with Crippen LogP contribution in [0, 0.1) is 5.82 Å². The van der Waals surface area contributed by atoms with Crippen LogP contribution in [0.5, 0.6) is 0 Å². The second-order valence-electron chi connectivity index (χ2n) is 9.41. The van der Waals surface area contributed by atoms with E-state index in [4.69, 9.17) is 11.6 Å². The Hall–Kier alpha value is -3.02. The molecule has 3 aromatic carbocycles. The number of halogens is 2. The summed E-state index contributed by atoms with van der Waals surface area (Å²) in [5, 5.41) is 1.35. The number of hydrogen-bond donors (Lipinski definition) is 0. The zero-order valence-electron chi connectivity index (χ0n) is 20.1. The Bertz CT molecular complexity index is 1420. The molecule has 4 aromatic rings. The van der Waals surface area contributed by atoms with Crippen LogP contribution in [0.25, 0.3) is 21.2 Å². The molecule has 1 fully saturated rings. The molecule has 0 bridgehead atoms. The van der Waals surface area contributed by atoms with E-state index in [1.165, 1.54) is 24.3 Å². The van der Waals surface area contributed by atoms with Crippen molar-refractivity contribution >= 4 is 44.7 Å². The van der Waals surface area contributed by atoms with Gasteiger partial charge in [-0.2, -0.15) is 0 Å². The van der Waals surface area contributed by atoms with Crippen LogP contribution in [0.4, 0.5) is 4.39 Å². The molecule has 1 aliphatic rings. The molecule has 0 atom stereocenters. The van der Waals surface area contributed by atoms with E-state index in [1.54, 1.807) is 18.2 Å². The minimum absolute atomic E-state index is 0.00267. The highest BCUT2D eigenvalue weighted by molar-refractivity contribution is 7.21. The highest BCUT2D eigenvalue weighted by atomic mass is 35.5. The second-order valence-corrected chi connectivity index (χ2v) is 10.8. The third-order valence-electron chi connectivity index (χ3n) is 7.02. The Labute approximate surface area is 219 Å². The summed E-state index contributed by atoms with van der Waals surface area (Å²) in [6.45, 7) is 1.71. The lowest BCUT2D eigenvalue weighted by Crippen LogP contribution is -2.41. The van der Waals surface area contributed by atoms with Crippen molar-refractivity contribution in [1.29, 1.82) is 0 Å². The fraction of sp³-hybridized carbons (Fsp3) is 0.267. The molecule has 1 aliphatic carbocycles. The van der Waals surface area contributed by atoms with Crippen LogP contribution in [-0.4, -0.2) is 22.6 Å². The number of amides is 1. The molecule has 1 saturated carbocycles. The topological polar surface area (TPSA) is 37.4 Å². The number of thiophene rings is 1. The molecule has 5 rings (SSSR count). The number of benzene rings is 3. The molecule has 0 aliphatic heterocycles. The van der Waals surface area contributed by atoms with Gasteiger partial charge in [0.15, 0.2) is 5.78 Å². The first kappa shape index (κ1) is 24.7. The highest BCUT2D eigenvalue weighted by Gasteiger charge is 2.30. The lowest BCUT2D eigenvalue weighted by atomic mass is 9.93. The summed E-state index contributed by atoms with van der Waals surface area (Å²) in [5.74, 6) is -0.471. The predicted molar refractivity (Wildman–Crippen MR) is 145 cm³/mol. The van der Waals surface area contributed by atoms with E-state index in [2.05, 4.69) is 0 Å². The molecule has 184 valence electrons. The Morgan fingerprint density at radius 1 is 0.972 bits per heavy atom. The van der Waals surface area contributed by atoms with Gasteiger partial charge in [0.05, 0.1) is 5.02 Å². The lowest BCUT2D eigenvalue weighted by molar-refractivity contribution is 0.0617. The summed E-state index contributed by atoms with van der Waals surface area (Å²) >= 11 is 8.07. The largest absolute Gasteiger partial charge is 0.330 e. The number of hydrogen-bond acceptors (Lipinski definition) is 3. The summed E-state index contributed by atoms with van der Waals surface area (Å²) in [7, 11) is 0. The molecule has 1 heterocycles. The molecule has 0 N–H and O–H groups in total. The third-order valence-corrected chi connectivity index (χ3v) is 8.68. The van der Waals surface area contributed by atoms with Gasteiger partial charge in [-0.05, 0) is 49.1 Å². The quantitative estimate of drug-likeness (QED) is 0.239. The van der Waals surface area contributed by atoms with Gasteiger partial charge in [-0.3, -0.25) is 9.59 Å². The molecular weight excluding hydrogens is 493 g/mol. The first-order valence-corrected chi connectivity index (χ1v) is 13.5. The number of Topliss-reactive ketones (excluding diaryl/α,β-unsaturated/α-hetero) is 1. The van der Waals surface area contributed by atoms with Crippen LogP contribution >= 0.6 is 22.9 Å². The van der Waals surface area contributed by atoms with Crippen LogP contribution < -0.4 is 0 Å². The predicted octanol–water partition coefficient (Wildman–Crippen LogP) is 8.54. The van der Waals surface area contributed by atoms with Crippen molar-refractivity contribution in [2.75, 3.05) is 0 Å². The molecule has 3 nitrogen and oxygen atoms in total. The first-order chi connectivity index (χ1) is 17.4. The van der Waals surface area contributed by atoms with Gasteiger partial charge in [-0.15, -0.1) is 11.3 Å². The van der Waals surface area contributed by atoms with Crippen molar-refractivity contribution in [2.24, 2.45) is 0 Å². The Kier molecular flexibility index (Phi) is 7.22. The second kappa shape index (κ2) is 10.5. The van der Waals surface area contributed by atoms with Gasteiger partial charge >= 0.3 is 0 Å². The van der Waals surface area contributed by atoms with E-state index in [0.29, 0.717) is 21.0 Å². The fourth-order valence-electron chi connectivity index (χ4n) is 5.00. The van der Waals surface area contributed by atoms with Crippen LogP contribution in [0.2, 0.25) is 5.02 Å². The van der Waals surface area contributed by atoms with E-state index in [1.807, 2.05) is 47.4 Å². The average molecular weight is 520 g/mol. The molecule has 1 aromatic heterocycles. The van der Waals surface area contributed by atoms with Crippen molar-refractivity contribution in [3.8, 4) is 11.1 Å². The maximum atomic E-state index is 15.1. The monoisotopic (exact) mass is 519 g/mol. The van der Waals surface area contributed by atoms with Crippen LogP contribution in [0.3, 0.4) is 0 Å².